The predicted molar refractivity (Wildman–Crippen MR) is 83.7 cm³/mol. The number of hydrogen-bond donors (Lipinski definition) is 0. The Morgan fingerprint density at radius 3 is 2.61 bits per heavy atom. The molecule has 1 saturated heterocycles. The van der Waals surface area contributed by atoms with E-state index in [4.69, 9.17) is 19.7 Å². The summed E-state index contributed by atoms with van der Waals surface area (Å²) in [7, 11) is 1.54. The average Bonchev–Trinajstić information content (AvgIpc) is 2.58. The summed E-state index contributed by atoms with van der Waals surface area (Å²) in [6.07, 6.45) is -0.888. The molecule has 0 saturated carbocycles. The fourth-order valence-electron chi connectivity index (χ4n) is 2.83. The van der Waals surface area contributed by atoms with Gasteiger partial charge in [0.15, 0.2) is 6.29 Å². The molecule has 1 fully saturated rings. The summed E-state index contributed by atoms with van der Waals surface area (Å²) < 4.78 is 16.5. The lowest BCUT2D eigenvalue weighted by Crippen LogP contribution is -2.50. The average molecular weight is 319 g/mol. The van der Waals surface area contributed by atoms with Gasteiger partial charge in [-0.25, -0.2) is 4.79 Å². The maximum Gasteiger partial charge on any atom is 0.338 e. The smallest absolute Gasteiger partial charge is 0.338 e. The van der Waals surface area contributed by atoms with Crippen LogP contribution in [0.5, 0.6) is 0 Å². The minimum Gasteiger partial charge on any atom is -0.459 e. The van der Waals surface area contributed by atoms with Crippen molar-refractivity contribution in [1.82, 2.24) is 0 Å². The highest BCUT2D eigenvalue weighted by Crippen LogP contribution is 2.33. The van der Waals surface area contributed by atoms with Crippen molar-refractivity contribution in [3.05, 3.63) is 46.3 Å². The zero-order chi connectivity index (χ0) is 16.8. The molecule has 1 aliphatic heterocycles. The zero-order valence-corrected chi connectivity index (χ0v) is 13.5. The number of benzene rings is 1. The molecule has 1 heterocycles. The first kappa shape index (κ1) is 17.3. The van der Waals surface area contributed by atoms with Crippen LogP contribution in [-0.2, 0) is 14.2 Å². The first-order chi connectivity index (χ1) is 11.1. The van der Waals surface area contributed by atoms with E-state index in [0.717, 1.165) is 0 Å². The Balaban J connectivity index is 2.03. The second-order valence-corrected chi connectivity index (χ2v) is 5.66. The zero-order valence-electron chi connectivity index (χ0n) is 13.5. The van der Waals surface area contributed by atoms with E-state index in [1.807, 2.05) is 19.9 Å². The van der Waals surface area contributed by atoms with Crippen LogP contribution in [0.4, 0.5) is 0 Å². The molecule has 7 nitrogen and oxygen atoms in total. The Kier molecular flexibility index (Phi) is 5.98. The van der Waals surface area contributed by atoms with Gasteiger partial charge in [0, 0.05) is 24.0 Å². The van der Waals surface area contributed by atoms with Gasteiger partial charge in [0.05, 0.1) is 11.7 Å². The largest absolute Gasteiger partial charge is 0.459 e. The molecule has 1 aliphatic rings. The maximum atomic E-state index is 12.0. The van der Waals surface area contributed by atoms with Gasteiger partial charge >= 0.3 is 5.97 Å². The molecular formula is C16H21N3O4. The van der Waals surface area contributed by atoms with Crippen LogP contribution in [0, 0.1) is 11.8 Å². The van der Waals surface area contributed by atoms with Crippen LogP contribution >= 0.6 is 0 Å². The van der Waals surface area contributed by atoms with Gasteiger partial charge in [-0.05, 0) is 23.6 Å². The highest BCUT2D eigenvalue weighted by molar-refractivity contribution is 5.89. The van der Waals surface area contributed by atoms with Crippen molar-refractivity contribution in [2.45, 2.75) is 32.3 Å². The Bertz CT molecular complexity index is 574. The maximum absolute atomic E-state index is 12.0. The topological polar surface area (TPSA) is 93.5 Å². The second kappa shape index (κ2) is 7.97. The van der Waals surface area contributed by atoms with E-state index in [1.54, 1.807) is 24.3 Å². The SMILES string of the molecule is CO[C@@H]1OC(COC(=O)c2ccccc2)[C@H](C)[C@H](N=[N+]=[N-])C1C. The summed E-state index contributed by atoms with van der Waals surface area (Å²) in [5.74, 6) is -0.572. The summed E-state index contributed by atoms with van der Waals surface area (Å²) in [4.78, 5) is 14.9. The van der Waals surface area contributed by atoms with Crippen LogP contribution in [-0.4, -0.2) is 38.1 Å². The number of methoxy groups -OCH3 is 1. The Labute approximate surface area is 135 Å². The molecular weight excluding hydrogens is 298 g/mol. The highest BCUT2D eigenvalue weighted by atomic mass is 16.7. The van der Waals surface area contributed by atoms with Crippen LogP contribution in [0.2, 0.25) is 0 Å². The molecule has 0 bridgehead atoms. The van der Waals surface area contributed by atoms with E-state index < -0.39 is 12.3 Å². The lowest BCUT2D eigenvalue weighted by molar-refractivity contribution is -0.233. The number of esters is 1. The molecule has 0 aliphatic carbocycles. The van der Waals surface area contributed by atoms with Gasteiger partial charge in [-0.3, -0.25) is 0 Å². The van der Waals surface area contributed by atoms with E-state index >= 15 is 0 Å². The van der Waals surface area contributed by atoms with Crippen molar-refractivity contribution < 1.29 is 19.0 Å². The van der Waals surface area contributed by atoms with Crippen molar-refractivity contribution in [1.29, 1.82) is 0 Å². The number of rotatable bonds is 5. The van der Waals surface area contributed by atoms with Gasteiger partial charge in [0.1, 0.15) is 6.61 Å². The van der Waals surface area contributed by atoms with Crippen molar-refractivity contribution >= 4 is 5.97 Å². The number of carbonyl (C=O) groups excluding carboxylic acids is 1. The van der Waals surface area contributed by atoms with E-state index in [9.17, 15) is 4.79 Å². The molecule has 0 spiro atoms. The molecule has 0 aromatic heterocycles. The molecule has 124 valence electrons. The lowest BCUT2D eigenvalue weighted by atomic mass is 9.84. The number of carbonyl (C=O) groups is 1. The third-order valence-electron chi connectivity index (χ3n) is 4.21. The first-order valence-corrected chi connectivity index (χ1v) is 7.53. The minimum absolute atomic E-state index is 0.0769. The Morgan fingerprint density at radius 2 is 2.00 bits per heavy atom. The van der Waals surface area contributed by atoms with E-state index in [2.05, 4.69) is 10.0 Å². The predicted octanol–water partition coefficient (Wildman–Crippen LogP) is 3.17. The van der Waals surface area contributed by atoms with Gasteiger partial charge in [-0.1, -0.05) is 37.2 Å². The van der Waals surface area contributed by atoms with Crippen LogP contribution in [0.25, 0.3) is 10.4 Å². The molecule has 23 heavy (non-hydrogen) atoms. The molecule has 0 amide bonds. The number of hydrogen-bond acceptors (Lipinski definition) is 5. The number of azide groups is 1. The Morgan fingerprint density at radius 1 is 1.30 bits per heavy atom. The highest BCUT2D eigenvalue weighted by Gasteiger charge is 2.41. The van der Waals surface area contributed by atoms with Crippen LogP contribution < -0.4 is 0 Å². The molecule has 1 aromatic rings. The summed E-state index contributed by atoms with van der Waals surface area (Å²) in [5.41, 5.74) is 9.24. The summed E-state index contributed by atoms with van der Waals surface area (Å²) in [6.45, 7) is 3.91. The van der Waals surface area contributed by atoms with Crippen LogP contribution in [0.3, 0.4) is 0 Å². The van der Waals surface area contributed by atoms with E-state index in [1.165, 1.54) is 7.11 Å². The van der Waals surface area contributed by atoms with Gasteiger partial charge in [-0.15, -0.1) is 0 Å². The third kappa shape index (κ3) is 4.01. The molecule has 7 heteroatoms. The van der Waals surface area contributed by atoms with Gasteiger partial charge in [-0.2, -0.15) is 0 Å². The van der Waals surface area contributed by atoms with Crippen molar-refractivity contribution in [3.8, 4) is 0 Å². The normalized spacial score (nSPS) is 30.3. The molecule has 2 unspecified atom stereocenters. The van der Waals surface area contributed by atoms with Crippen molar-refractivity contribution in [2.24, 2.45) is 17.0 Å². The second-order valence-electron chi connectivity index (χ2n) is 5.66. The lowest BCUT2D eigenvalue weighted by Gasteiger charge is -2.42. The van der Waals surface area contributed by atoms with Gasteiger partial charge in [0.2, 0.25) is 0 Å². The summed E-state index contributed by atoms with van der Waals surface area (Å²) >= 11 is 0. The Hall–Kier alpha value is -2.08. The summed E-state index contributed by atoms with van der Waals surface area (Å²) in [6, 6.07) is 8.48. The molecule has 2 rings (SSSR count). The molecule has 0 radical (unpaired) electrons. The van der Waals surface area contributed by atoms with Crippen LogP contribution in [0.1, 0.15) is 24.2 Å². The molecule has 5 atom stereocenters. The van der Waals surface area contributed by atoms with Gasteiger partial charge in [0.25, 0.3) is 0 Å². The van der Waals surface area contributed by atoms with Crippen LogP contribution in [0.15, 0.2) is 35.4 Å². The third-order valence-corrected chi connectivity index (χ3v) is 4.21. The number of ether oxygens (including phenoxy) is 3. The molecule has 1 aromatic carbocycles. The fourth-order valence-corrected chi connectivity index (χ4v) is 2.83. The van der Waals surface area contributed by atoms with Crippen molar-refractivity contribution in [2.75, 3.05) is 13.7 Å². The van der Waals surface area contributed by atoms with E-state index in [0.29, 0.717) is 5.56 Å². The first-order valence-electron chi connectivity index (χ1n) is 7.53. The van der Waals surface area contributed by atoms with Crippen molar-refractivity contribution in [3.63, 3.8) is 0 Å². The standard InChI is InChI=1S/C16H21N3O4/c1-10-13(9-22-15(20)12-7-5-4-6-8-12)23-16(21-3)11(2)14(10)18-19-17/h4-8,10-11,13-14,16H,9H2,1-3H3/t10-,11?,13?,14-,16+/m0/s1. The quantitative estimate of drug-likeness (QED) is 0.360. The molecule has 0 N–H and O–H groups in total. The minimum atomic E-state index is -0.498. The number of nitrogens with zero attached hydrogens (tertiary/aromatic N) is 3. The summed E-state index contributed by atoms with van der Waals surface area (Å²) in [5, 5.41) is 3.86. The fraction of sp³-hybridized carbons (Fsp3) is 0.562. The van der Waals surface area contributed by atoms with Gasteiger partial charge < -0.3 is 14.2 Å². The van der Waals surface area contributed by atoms with E-state index in [-0.39, 0.29) is 30.6 Å². The monoisotopic (exact) mass is 319 g/mol.